The van der Waals surface area contributed by atoms with Crippen molar-refractivity contribution >= 4 is 11.0 Å². The third-order valence-electron chi connectivity index (χ3n) is 5.22. The van der Waals surface area contributed by atoms with E-state index in [1.165, 1.54) is 17.6 Å². The van der Waals surface area contributed by atoms with Crippen molar-refractivity contribution < 1.29 is 5.11 Å². The van der Waals surface area contributed by atoms with Crippen LogP contribution in [0.25, 0.3) is 16.7 Å². The average Bonchev–Trinajstić information content (AvgIpc) is 3.02. The Labute approximate surface area is 155 Å². The highest BCUT2D eigenvalue weighted by molar-refractivity contribution is 5.73. The van der Waals surface area contributed by atoms with Crippen molar-refractivity contribution in [2.45, 2.75) is 53.4 Å². The van der Waals surface area contributed by atoms with Gasteiger partial charge in [-0.2, -0.15) is 0 Å². The van der Waals surface area contributed by atoms with Crippen molar-refractivity contribution in [2.75, 3.05) is 0 Å². The summed E-state index contributed by atoms with van der Waals surface area (Å²) in [5, 5.41) is 19.8. The topological polar surface area (TPSA) is 50.9 Å². The molecule has 0 amide bonds. The van der Waals surface area contributed by atoms with E-state index in [9.17, 15) is 5.11 Å². The molecule has 0 spiro atoms. The SMILES string of the molecule is CCCC(CCc1cccc(-n2nc3ccccc3n2)c1O)C(C)(C)C. The second-order valence-corrected chi connectivity index (χ2v) is 8.15. The third kappa shape index (κ3) is 3.90. The van der Waals surface area contributed by atoms with Gasteiger partial charge in [0.25, 0.3) is 0 Å². The maximum atomic E-state index is 10.8. The summed E-state index contributed by atoms with van der Waals surface area (Å²) in [5.74, 6) is 0.929. The van der Waals surface area contributed by atoms with Crippen LogP contribution in [0.1, 0.15) is 52.5 Å². The zero-order valence-corrected chi connectivity index (χ0v) is 16.2. The number of benzene rings is 2. The highest BCUT2D eigenvalue weighted by Crippen LogP contribution is 2.35. The lowest BCUT2D eigenvalue weighted by Crippen LogP contribution is -2.21. The minimum absolute atomic E-state index is 0.282. The van der Waals surface area contributed by atoms with E-state index in [2.05, 4.69) is 37.9 Å². The molecule has 1 atom stereocenters. The molecule has 4 nitrogen and oxygen atoms in total. The number of phenols is 1. The van der Waals surface area contributed by atoms with Gasteiger partial charge in [-0.3, -0.25) is 0 Å². The number of nitrogens with zero attached hydrogens (tertiary/aromatic N) is 3. The van der Waals surface area contributed by atoms with Crippen LogP contribution in [0, 0.1) is 11.3 Å². The molecule has 3 aromatic rings. The van der Waals surface area contributed by atoms with Gasteiger partial charge in [-0.1, -0.05) is 64.8 Å². The van der Waals surface area contributed by atoms with Gasteiger partial charge in [-0.25, -0.2) is 0 Å². The molecule has 0 bridgehead atoms. The number of aromatic nitrogens is 3. The van der Waals surface area contributed by atoms with Crippen LogP contribution in [0.15, 0.2) is 42.5 Å². The predicted molar refractivity (Wildman–Crippen MR) is 107 cm³/mol. The molecular formula is C22H29N3O. The second-order valence-electron chi connectivity index (χ2n) is 8.15. The molecule has 0 aliphatic rings. The zero-order valence-electron chi connectivity index (χ0n) is 16.2. The Morgan fingerprint density at radius 2 is 1.62 bits per heavy atom. The standard InChI is InChI=1S/C22H29N3O/c1-5-9-17(22(2,3)4)15-14-16-10-8-13-20(21(16)26)25-23-18-11-6-7-12-19(18)24-25/h6-8,10-13,17,26H,5,9,14-15H2,1-4H3. The first-order valence-corrected chi connectivity index (χ1v) is 9.53. The van der Waals surface area contributed by atoms with Gasteiger partial charge in [0.15, 0.2) is 0 Å². The lowest BCUT2D eigenvalue weighted by molar-refractivity contribution is 0.210. The fourth-order valence-corrected chi connectivity index (χ4v) is 3.60. The third-order valence-corrected chi connectivity index (χ3v) is 5.22. The number of hydrogen-bond acceptors (Lipinski definition) is 3. The fourth-order valence-electron chi connectivity index (χ4n) is 3.60. The smallest absolute Gasteiger partial charge is 0.146 e. The van der Waals surface area contributed by atoms with Crippen LogP contribution in [-0.2, 0) is 6.42 Å². The average molecular weight is 351 g/mol. The van der Waals surface area contributed by atoms with Gasteiger partial charge in [0.2, 0.25) is 0 Å². The summed E-state index contributed by atoms with van der Waals surface area (Å²) in [6.45, 7) is 9.17. The number of rotatable bonds is 6. The molecule has 0 aliphatic heterocycles. The van der Waals surface area contributed by atoms with E-state index in [4.69, 9.17) is 0 Å². The van der Waals surface area contributed by atoms with Gasteiger partial charge < -0.3 is 5.11 Å². The maximum absolute atomic E-state index is 10.8. The van der Waals surface area contributed by atoms with Gasteiger partial charge in [0.1, 0.15) is 22.5 Å². The normalized spacial score (nSPS) is 13.2. The monoisotopic (exact) mass is 351 g/mol. The molecule has 26 heavy (non-hydrogen) atoms. The Morgan fingerprint density at radius 1 is 0.962 bits per heavy atom. The van der Waals surface area contributed by atoms with Crippen LogP contribution in [0.5, 0.6) is 5.75 Å². The number of phenolic OH excluding ortho intramolecular Hbond substituents is 1. The van der Waals surface area contributed by atoms with E-state index in [1.54, 1.807) is 0 Å². The summed E-state index contributed by atoms with van der Waals surface area (Å²) in [6, 6.07) is 13.6. The van der Waals surface area contributed by atoms with Crippen LogP contribution in [-0.4, -0.2) is 20.1 Å². The van der Waals surface area contributed by atoms with Crippen molar-refractivity contribution in [1.82, 2.24) is 15.0 Å². The van der Waals surface area contributed by atoms with Crippen LogP contribution in [0.2, 0.25) is 0 Å². The summed E-state index contributed by atoms with van der Waals surface area (Å²) in [7, 11) is 0. The summed E-state index contributed by atoms with van der Waals surface area (Å²) < 4.78 is 0. The van der Waals surface area contributed by atoms with E-state index in [-0.39, 0.29) is 11.2 Å². The molecule has 0 aliphatic carbocycles. The van der Waals surface area contributed by atoms with Gasteiger partial charge in [0, 0.05) is 0 Å². The molecule has 1 unspecified atom stereocenters. The van der Waals surface area contributed by atoms with E-state index < -0.39 is 0 Å². The largest absolute Gasteiger partial charge is 0.505 e. The summed E-state index contributed by atoms with van der Waals surface area (Å²) in [5.41, 5.74) is 3.54. The van der Waals surface area contributed by atoms with Crippen molar-refractivity contribution in [2.24, 2.45) is 11.3 Å². The molecule has 0 fully saturated rings. The molecule has 0 saturated carbocycles. The molecule has 0 radical (unpaired) electrons. The minimum Gasteiger partial charge on any atom is -0.505 e. The van der Waals surface area contributed by atoms with Crippen LogP contribution < -0.4 is 0 Å². The molecule has 4 heteroatoms. The van der Waals surface area contributed by atoms with Gasteiger partial charge in [-0.15, -0.1) is 15.0 Å². The fraction of sp³-hybridized carbons (Fsp3) is 0.455. The van der Waals surface area contributed by atoms with Crippen molar-refractivity contribution in [1.29, 1.82) is 0 Å². The molecule has 3 rings (SSSR count). The van der Waals surface area contributed by atoms with Crippen molar-refractivity contribution in [3.63, 3.8) is 0 Å². The van der Waals surface area contributed by atoms with E-state index in [1.807, 2.05) is 42.5 Å². The number of hydrogen-bond donors (Lipinski definition) is 1. The van der Waals surface area contributed by atoms with E-state index >= 15 is 0 Å². The molecule has 0 saturated heterocycles. The Kier molecular flexibility index (Phi) is 5.30. The number of para-hydroxylation sites is 1. The van der Waals surface area contributed by atoms with Crippen molar-refractivity contribution in [3.8, 4) is 11.4 Å². The number of aromatic hydroxyl groups is 1. The van der Waals surface area contributed by atoms with Gasteiger partial charge >= 0.3 is 0 Å². The summed E-state index contributed by atoms with van der Waals surface area (Å²) in [6.07, 6.45) is 4.35. The highest BCUT2D eigenvalue weighted by Gasteiger charge is 2.24. The first kappa shape index (κ1) is 18.4. The van der Waals surface area contributed by atoms with Crippen LogP contribution in [0.4, 0.5) is 0 Å². The quantitative estimate of drug-likeness (QED) is 0.636. The minimum atomic E-state index is 0.282. The van der Waals surface area contributed by atoms with Crippen LogP contribution >= 0.6 is 0 Å². The molecule has 1 aromatic heterocycles. The lowest BCUT2D eigenvalue weighted by atomic mass is 9.75. The lowest BCUT2D eigenvalue weighted by Gasteiger charge is -2.30. The van der Waals surface area contributed by atoms with Gasteiger partial charge in [0.05, 0.1) is 0 Å². The number of fused-ring (bicyclic) bond motifs is 1. The zero-order chi connectivity index (χ0) is 18.7. The summed E-state index contributed by atoms with van der Waals surface area (Å²) in [4.78, 5) is 1.54. The van der Waals surface area contributed by atoms with Gasteiger partial charge in [-0.05, 0) is 47.9 Å². The Hall–Kier alpha value is -2.36. The number of aryl methyl sites for hydroxylation is 1. The Balaban J connectivity index is 1.85. The maximum Gasteiger partial charge on any atom is 0.146 e. The molecular weight excluding hydrogens is 322 g/mol. The van der Waals surface area contributed by atoms with Crippen LogP contribution in [0.3, 0.4) is 0 Å². The molecule has 2 aromatic carbocycles. The van der Waals surface area contributed by atoms with E-state index in [0.717, 1.165) is 29.4 Å². The molecule has 1 heterocycles. The first-order chi connectivity index (χ1) is 12.4. The molecule has 138 valence electrons. The highest BCUT2D eigenvalue weighted by atomic mass is 16.3. The van der Waals surface area contributed by atoms with E-state index in [0.29, 0.717) is 11.6 Å². The molecule has 1 N–H and O–H groups in total. The second kappa shape index (κ2) is 7.48. The Bertz CT molecular complexity index is 843. The van der Waals surface area contributed by atoms with Crippen molar-refractivity contribution in [3.05, 3.63) is 48.0 Å². The Morgan fingerprint density at radius 3 is 2.19 bits per heavy atom. The summed E-state index contributed by atoms with van der Waals surface area (Å²) >= 11 is 0. The first-order valence-electron chi connectivity index (χ1n) is 9.53. The predicted octanol–water partition coefficient (Wildman–Crippen LogP) is 5.52.